The van der Waals surface area contributed by atoms with Crippen molar-refractivity contribution in [2.24, 2.45) is 0 Å². The Morgan fingerprint density at radius 2 is 1.64 bits per heavy atom. The molecular weight excluding hydrogens is 148 g/mol. The third-order valence-corrected chi connectivity index (χ3v) is 6.23. The molecule has 0 aliphatic rings. The summed E-state index contributed by atoms with van der Waals surface area (Å²) in [5.74, 6) is 3.29. The first kappa shape index (κ1) is 10.8. The van der Waals surface area contributed by atoms with Crippen molar-refractivity contribution in [2.75, 3.05) is 0 Å². The minimum absolute atomic E-state index is 1.09. The number of hydrogen-bond donors (Lipinski definition) is 0. The number of rotatable bonds is 3. The molecule has 0 aromatic rings. The van der Waals surface area contributed by atoms with Crippen molar-refractivity contribution >= 4 is 8.07 Å². The normalized spacial score (nSPS) is 10.5. The van der Waals surface area contributed by atoms with Crippen molar-refractivity contribution in [2.45, 2.75) is 52.2 Å². The summed E-state index contributed by atoms with van der Waals surface area (Å²) in [6, 6.07) is 2.61. The Bertz CT molecular complexity index is 146. The third kappa shape index (κ3) is 4.26. The van der Waals surface area contributed by atoms with Crippen LogP contribution in [-0.4, -0.2) is 8.07 Å². The van der Waals surface area contributed by atoms with E-state index in [1.165, 1.54) is 18.5 Å². The molecule has 0 unspecified atom stereocenters. The zero-order chi connectivity index (χ0) is 8.74. The van der Waals surface area contributed by atoms with Gasteiger partial charge in [0.2, 0.25) is 0 Å². The molecule has 0 rings (SSSR count). The first-order valence-electron chi connectivity index (χ1n) is 4.68. The molecule has 0 fully saturated rings. The molecule has 0 spiro atoms. The van der Waals surface area contributed by atoms with Gasteiger partial charge in [-0.3, -0.25) is 0 Å². The van der Waals surface area contributed by atoms with Gasteiger partial charge in [-0.2, -0.15) is 0 Å². The summed E-state index contributed by atoms with van der Waals surface area (Å²) in [7, 11) is -1.10. The van der Waals surface area contributed by atoms with Crippen LogP contribution in [0.15, 0.2) is 0 Å². The maximum Gasteiger partial charge on any atom is 0.134 e. The van der Waals surface area contributed by atoms with Crippen LogP contribution in [0.4, 0.5) is 0 Å². The fraction of sp³-hybridized carbons (Fsp3) is 0.800. The molecule has 11 heavy (non-hydrogen) atoms. The van der Waals surface area contributed by atoms with Crippen LogP contribution in [0.2, 0.25) is 18.6 Å². The maximum absolute atomic E-state index is 3.49. The second-order valence-electron chi connectivity index (χ2n) is 3.32. The van der Waals surface area contributed by atoms with Crippen LogP contribution in [0.5, 0.6) is 0 Å². The summed E-state index contributed by atoms with van der Waals surface area (Å²) in [6.45, 7) is 9.12. The number of hydrogen-bond acceptors (Lipinski definition) is 0. The monoisotopic (exact) mass is 168 g/mol. The fourth-order valence-electron chi connectivity index (χ4n) is 0.828. The van der Waals surface area contributed by atoms with E-state index in [9.17, 15) is 0 Å². The molecule has 0 aliphatic heterocycles. The van der Waals surface area contributed by atoms with Gasteiger partial charge < -0.3 is 0 Å². The van der Waals surface area contributed by atoms with E-state index in [-0.39, 0.29) is 0 Å². The molecule has 0 saturated carbocycles. The van der Waals surface area contributed by atoms with Crippen LogP contribution >= 0.6 is 0 Å². The number of unbranched alkanes of at least 4 members (excludes halogenated alkanes) is 1. The van der Waals surface area contributed by atoms with E-state index in [0.29, 0.717) is 0 Å². The van der Waals surface area contributed by atoms with E-state index in [1.807, 2.05) is 0 Å². The second-order valence-corrected chi connectivity index (χ2v) is 8.11. The maximum atomic E-state index is 3.49. The highest BCUT2D eigenvalue weighted by atomic mass is 28.3. The molecule has 0 radical (unpaired) electrons. The Kier molecular flexibility index (Phi) is 5.32. The summed E-state index contributed by atoms with van der Waals surface area (Å²) in [4.78, 5) is 0. The van der Waals surface area contributed by atoms with Crippen LogP contribution in [0.1, 0.15) is 33.6 Å². The average Bonchev–Trinajstić information content (AvgIpc) is 2.05. The van der Waals surface area contributed by atoms with E-state index < -0.39 is 8.07 Å². The van der Waals surface area contributed by atoms with E-state index >= 15 is 0 Å². The minimum Gasteiger partial charge on any atom is -0.131 e. The highest BCUT2D eigenvalue weighted by molar-refractivity contribution is 6.86. The van der Waals surface area contributed by atoms with Gasteiger partial charge in [0.25, 0.3) is 0 Å². The topological polar surface area (TPSA) is 0 Å². The van der Waals surface area contributed by atoms with Crippen LogP contribution in [0.25, 0.3) is 0 Å². The van der Waals surface area contributed by atoms with Gasteiger partial charge in [0, 0.05) is 6.42 Å². The first-order valence-corrected chi connectivity index (χ1v) is 7.60. The molecule has 64 valence electrons. The lowest BCUT2D eigenvalue weighted by Gasteiger charge is -2.14. The lowest BCUT2D eigenvalue weighted by Crippen LogP contribution is -2.25. The van der Waals surface area contributed by atoms with Crippen molar-refractivity contribution in [1.82, 2.24) is 0 Å². The van der Waals surface area contributed by atoms with Gasteiger partial charge in [-0.1, -0.05) is 27.3 Å². The summed E-state index contributed by atoms with van der Waals surface area (Å²) in [5.41, 5.74) is 3.49. The van der Waals surface area contributed by atoms with Crippen molar-refractivity contribution in [3.8, 4) is 11.5 Å². The van der Waals surface area contributed by atoms with Gasteiger partial charge in [-0.15, -0.1) is 11.5 Å². The Hall–Kier alpha value is -0.223. The van der Waals surface area contributed by atoms with Crippen molar-refractivity contribution in [3.63, 3.8) is 0 Å². The molecule has 0 aromatic heterocycles. The summed E-state index contributed by atoms with van der Waals surface area (Å²) in [5, 5.41) is 0. The van der Waals surface area contributed by atoms with Gasteiger partial charge in [0.1, 0.15) is 8.07 Å². The fourth-order valence-corrected chi connectivity index (χ4v) is 2.23. The van der Waals surface area contributed by atoms with Crippen molar-refractivity contribution in [1.29, 1.82) is 0 Å². The predicted octanol–water partition coefficient (Wildman–Crippen LogP) is 3.45. The molecule has 0 N–H and O–H groups in total. The third-order valence-electron chi connectivity index (χ3n) is 2.33. The van der Waals surface area contributed by atoms with E-state index in [2.05, 4.69) is 38.8 Å². The van der Waals surface area contributed by atoms with E-state index in [0.717, 1.165) is 6.42 Å². The Morgan fingerprint density at radius 3 is 2.00 bits per heavy atom. The zero-order valence-corrected chi connectivity index (χ0v) is 9.33. The second kappa shape index (κ2) is 5.43. The van der Waals surface area contributed by atoms with E-state index in [1.54, 1.807) is 0 Å². The average molecular weight is 168 g/mol. The molecule has 0 saturated heterocycles. The van der Waals surface area contributed by atoms with Crippen LogP contribution in [0.3, 0.4) is 0 Å². The molecule has 0 aliphatic carbocycles. The van der Waals surface area contributed by atoms with Crippen molar-refractivity contribution in [3.05, 3.63) is 0 Å². The highest BCUT2D eigenvalue weighted by Gasteiger charge is 2.18. The molecule has 0 nitrogen and oxygen atoms in total. The lowest BCUT2D eigenvalue weighted by molar-refractivity contribution is 0.983. The summed E-state index contributed by atoms with van der Waals surface area (Å²) < 4.78 is 0. The molecule has 0 aromatic carbocycles. The molecule has 0 atom stereocenters. The Labute approximate surface area is 72.4 Å². The van der Waals surface area contributed by atoms with Crippen LogP contribution in [-0.2, 0) is 0 Å². The molecule has 1 heteroatoms. The van der Waals surface area contributed by atoms with Crippen LogP contribution in [0, 0.1) is 11.5 Å². The van der Waals surface area contributed by atoms with Gasteiger partial charge in [-0.25, -0.2) is 0 Å². The molecular formula is C10H20Si. The largest absolute Gasteiger partial charge is 0.134 e. The smallest absolute Gasteiger partial charge is 0.131 e. The highest BCUT2D eigenvalue weighted by Crippen LogP contribution is 2.12. The Balaban J connectivity index is 3.98. The zero-order valence-electron chi connectivity index (χ0n) is 8.33. The lowest BCUT2D eigenvalue weighted by atomic mass is 10.4. The SMILES string of the molecule is CCCC#C[Si](C)(CC)CC. The summed E-state index contributed by atoms with van der Waals surface area (Å²) in [6.07, 6.45) is 2.29. The van der Waals surface area contributed by atoms with Gasteiger partial charge >= 0.3 is 0 Å². The van der Waals surface area contributed by atoms with Gasteiger partial charge in [-0.05, 0) is 18.5 Å². The van der Waals surface area contributed by atoms with Gasteiger partial charge in [0.15, 0.2) is 0 Å². The molecule has 0 amide bonds. The minimum atomic E-state index is -1.10. The van der Waals surface area contributed by atoms with Gasteiger partial charge in [0.05, 0.1) is 0 Å². The molecule has 0 bridgehead atoms. The first-order chi connectivity index (χ1) is 5.18. The van der Waals surface area contributed by atoms with E-state index in [4.69, 9.17) is 0 Å². The standard InChI is InChI=1S/C10H20Si/c1-5-8-9-10-11(4,6-2)7-3/h5-8H2,1-4H3. The quantitative estimate of drug-likeness (QED) is 0.447. The Morgan fingerprint density at radius 1 is 1.09 bits per heavy atom. The molecule has 0 heterocycles. The predicted molar refractivity (Wildman–Crippen MR) is 55.3 cm³/mol. The summed E-state index contributed by atoms with van der Waals surface area (Å²) >= 11 is 0. The van der Waals surface area contributed by atoms with Crippen LogP contribution < -0.4 is 0 Å². The van der Waals surface area contributed by atoms with Crippen molar-refractivity contribution < 1.29 is 0 Å².